The quantitative estimate of drug-likeness (QED) is 0.804. The summed E-state index contributed by atoms with van der Waals surface area (Å²) in [6, 6.07) is 9.79. The second-order valence-electron chi connectivity index (χ2n) is 3.81. The molecule has 0 amide bonds. The van der Waals surface area contributed by atoms with Crippen LogP contribution in [0.3, 0.4) is 0 Å². The van der Waals surface area contributed by atoms with E-state index in [0.717, 1.165) is 5.56 Å². The second-order valence-corrected chi connectivity index (χ2v) is 4.52. The first kappa shape index (κ1) is 9.96. The van der Waals surface area contributed by atoms with Crippen molar-refractivity contribution in [2.45, 2.75) is 18.6 Å². The molecule has 2 atom stereocenters. The summed E-state index contributed by atoms with van der Waals surface area (Å²) in [5.74, 6) is 0.417. The van der Waals surface area contributed by atoms with Gasteiger partial charge in [0, 0.05) is 6.42 Å². The molecule has 16 heavy (non-hydrogen) atoms. The first-order valence-electron chi connectivity index (χ1n) is 5.06. The first-order valence-corrected chi connectivity index (χ1v) is 5.86. The van der Waals surface area contributed by atoms with Crippen LogP contribution in [-0.4, -0.2) is 14.8 Å². The van der Waals surface area contributed by atoms with Crippen LogP contribution in [0.1, 0.15) is 30.0 Å². The third-order valence-corrected chi connectivity index (χ3v) is 3.16. The van der Waals surface area contributed by atoms with Crippen LogP contribution < -0.4 is 0 Å². The van der Waals surface area contributed by atoms with Crippen molar-refractivity contribution in [2.24, 2.45) is 0 Å². The highest BCUT2D eigenvalue weighted by Crippen LogP contribution is 2.39. The lowest BCUT2D eigenvalue weighted by atomic mass is 10.0. The predicted molar refractivity (Wildman–Crippen MR) is 60.8 cm³/mol. The van der Waals surface area contributed by atoms with E-state index in [0.29, 0.717) is 17.0 Å². The molecule has 3 nitrogen and oxygen atoms in total. The normalized spacial score (nSPS) is 23.4. The van der Waals surface area contributed by atoms with Crippen molar-refractivity contribution in [1.29, 1.82) is 0 Å². The molecule has 1 aromatic carbocycles. The van der Waals surface area contributed by atoms with Gasteiger partial charge in [-0.05, 0) is 21.5 Å². The molecular weight excluding hydrogens is 273 g/mol. The average molecular weight is 282 g/mol. The number of hydrogen-bond acceptors (Lipinski definition) is 2. The summed E-state index contributed by atoms with van der Waals surface area (Å²) in [6.45, 7) is 0. The van der Waals surface area contributed by atoms with Crippen molar-refractivity contribution < 1.29 is 4.39 Å². The predicted octanol–water partition coefficient (Wildman–Crippen LogP) is 3.04. The van der Waals surface area contributed by atoms with E-state index in [-0.39, 0.29) is 6.04 Å². The monoisotopic (exact) mass is 281 g/mol. The maximum atomic E-state index is 13.7. The molecule has 0 N–H and O–H groups in total. The number of halogens is 2. The highest BCUT2D eigenvalue weighted by atomic mass is 79.9. The fraction of sp³-hybridized carbons (Fsp3) is 0.273. The van der Waals surface area contributed by atoms with Gasteiger partial charge < -0.3 is 0 Å². The average Bonchev–Trinajstić information content (AvgIpc) is 2.80. The lowest BCUT2D eigenvalue weighted by Gasteiger charge is -2.10. The zero-order chi connectivity index (χ0) is 11.1. The molecule has 0 radical (unpaired) electrons. The van der Waals surface area contributed by atoms with Crippen LogP contribution in [0.15, 0.2) is 35.1 Å². The molecule has 5 heteroatoms. The van der Waals surface area contributed by atoms with Crippen molar-refractivity contribution in [3.8, 4) is 0 Å². The third kappa shape index (κ3) is 1.46. The Hall–Kier alpha value is -1.23. The fourth-order valence-electron chi connectivity index (χ4n) is 2.10. The number of nitrogens with zero attached hydrogens (tertiary/aromatic N) is 3. The molecule has 0 aliphatic carbocycles. The van der Waals surface area contributed by atoms with Crippen LogP contribution in [0.4, 0.5) is 4.39 Å². The van der Waals surface area contributed by atoms with E-state index in [9.17, 15) is 4.39 Å². The van der Waals surface area contributed by atoms with Crippen LogP contribution in [-0.2, 0) is 0 Å². The lowest BCUT2D eigenvalue weighted by molar-refractivity contribution is 0.328. The van der Waals surface area contributed by atoms with Gasteiger partial charge in [0.15, 0.2) is 12.0 Å². The first-order chi connectivity index (χ1) is 7.75. The van der Waals surface area contributed by atoms with Gasteiger partial charge in [-0.25, -0.2) is 14.1 Å². The van der Waals surface area contributed by atoms with Crippen LogP contribution in [0.25, 0.3) is 0 Å². The van der Waals surface area contributed by atoms with Crippen molar-refractivity contribution in [3.05, 3.63) is 46.5 Å². The Labute approximate surface area is 100 Å². The molecule has 0 fully saturated rings. The van der Waals surface area contributed by atoms with Crippen molar-refractivity contribution in [2.75, 3.05) is 0 Å². The van der Waals surface area contributed by atoms with Gasteiger partial charge in [0.25, 0.3) is 0 Å². The van der Waals surface area contributed by atoms with E-state index >= 15 is 0 Å². The highest BCUT2D eigenvalue weighted by molar-refractivity contribution is 9.10. The second kappa shape index (κ2) is 3.66. The summed E-state index contributed by atoms with van der Waals surface area (Å²) in [7, 11) is 0. The molecule has 3 rings (SSSR count). The zero-order valence-corrected chi connectivity index (χ0v) is 9.93. The Bertz CT molecular complexity index is 511. The summed E-state index contributed by atoms with van der Waals surface area (Å²) in [5, 5.41) is 4.18. The topological polar surface area (TPSA) is 30.7 Å². The zero-order valence-electron chi connectivity index (χ0n) is 8.35. The molecule has 0 unspecified atom stereocenters. The number of hydrogen-bond donors (Lipinski definition) is 0. The van der Waals surface area contributed by atoms with Gasteiger partial charge in [-0.3, -0.25) is 0 Å². The van der Waals surface area contributed by atoms with Gasteiger partial charge in [0.1, 0.15) is 0 Å². The SMILES string of the molecule is F[C@@H]1C[C@@H](c2ccccc2)n2nc(Br)nc21. The van der Waals surface area contributed by atoms with E-state index in [1.165, 1.54) is 0 Å². The Kier molecular flexibility index (Phi) is 2.28. The molecule has 0 bridgehead atoms. The van der Waals surface area contributed by atoms with Gasteiger partial charge in [-0.1, -0.05) is 30.3 Å². The molecule has 82 valence electrons. The Balaban J connectivity index is 2.06. The van der Waals surface area contributed by atoms with Crippen LogP contribution in [0, 0.1) is 0 Å². The van der Waals surface area contributed by atoms with Crippen LogP contribution in [0.2, 0.25) is 0 Å². The van der Waals surface area contributed by atoms with E-state index in [1.807, 2.05) is 30.3 Å². The summed E-state index contributed by atoms with van der Waals surface area (Å²) in [5.41, 5.74) is 1.07. The standard InChI is InChI=1S/C11H9BrFN3/c12-11-14-10-8(13)6-9(16(10)15-11)7-4-2-1-3-5-7/h1-5,8-9H,6H2/t8-,9+/m1/s1. The number of benzene rings is 1. The van der Waals surface area contributed by atoms with Crippen LogP contribution >= 0.6 is 15.9 Å². The largest absolute Gasteiger partial charge is 0.239 e. The minimum absolute atomic E-state index is 0.0370. The molecule has 0 saturated heterocycles. The summed E-state index contributed by atoms with van der Waals surface area (Å²) < 4.78 is 15.8. The summed E-state index contributed by atoms with van der Waals surface area (Å²) in [4.78, 5) is 4.04. The smallest absolute Gasteiger partial charge is 0.217 e. The third-order valence-electron chi connectivity index (χ3n) is 2.82. The Morgan fingerprint density at radius 2 is 2.06 bits per heavy atom. The number of fused-ring (bicyclic) bond motifs is 1. The highest BCUT2D eigenvalue weighted by Gasteiger charge is 2.34. The minimum atomic E-state index is -1.02. The van der Waals surface area contributed by atoms with E-state index in [2.05, 4.69) is 26.0 Å². The maximum absolute atomic E-state index is 13.7. The molecule has 1 aromatic heterocycles. The van der Waals surface area contributed by atoms with Crippen LogP contribution in [0.5, 0.6) is 0 Å². The van der Waals surface area contributed by atoms with E-state index in [4.69, 9.17) is 0 Å². The number of rotatable bonds is 1. The van der Waals surface area contributed by atoms with Gasteiger partial charge in [-0.2, -0.15) is 0 Å². The van der Waals surface area contributed by atoms with E-state index in [1.54, 1.807) is 4.68 Å². The van der Waals surface area contributed by atoms with E-state index < -0.39 is 6.17 Å². The molecule has 1 aliphatic heterocycles. The summed E-state index contributed by atoms with van der Waals surface area (Å²) in [6.07, 6.45) is -0.601. The Morgan fingerprint density at radius 3 is 2.81 bits per heavy atom. The van der Waals surface area contributed by atoms with Crippen molar-refractivity contribution >= 4 is 15.9 Å². The summed E-state index contributed by atoms with van der Waals surface area (Å²) >= 11 is 3.18. The minimum Gasteiger partial charge on any atom is -0.239 e. The van der Waals surface area contributed by atoms with Crippen molar-refractivity contribution in [1.82, 2.24) is 14.8 Å². The van der Waals surface area contributed by atoms with Crippen molar-refractivity contribution in [3.63, 3.8) is 0 Å². The number of alkyl halides is 1. The van der Waals surface area contributed by atoms with Gasteiger partial charge in [-0.15, -0.1) is 5.10 Å². The molecule has 1 aliphatic rings. The fourth-order valence-corrected chi connectivity index (χ4v) is 2.46. The van der Waals surface area contributed by atoms with Gasteiger partial charge in [0.05, 0.1) is 6.04 Å². The molecule has 0 saturated carbocycles. The molecule has 2 heterocycles. The molecule has 0 spiro atoms. The molecule has 2 aromatic rings. The number of aromatic nitrogens is 3. The van der Waals surface area contributed by atoms with Gasteiger partial charge >= 0.3 is 0 Å². The maximum Gasteiger partial charge on any atom is 0.217 e. The Morgan fingerprint density at radius 1 is 1.31 bits per heavy atom. The molecular formula is C11H9BrFN3. The van der Waals surface area contributed by atoms with Gasteiger partial charge in [0.2, 0.25) is 4.73 Å². The lowest BCUT2D eigenvalue weighted by Crippen LogP contribution is -2.07.